The SMILES string of the molecule is CC(C)(C)OC(=O)N1CCC(C/C(O)=C/N)CC1.[CH2-]Oc1ccc(Cl)cc1Cl.[Fe]. The number of halogens is 2. The largest absolute Gasteiger partial charge is 0.664 e. The molecular weight excluding hydrogens is 459 g/mol. The first kappa shape index (κ1) is 27.7. The number of aliphatic hydroxyl groups is 1. The van der Waals surface area contributed by atoms with Gasteiger partial charge >= 0.3 is 6.09 Å². The first-order chi connectivity index (χ1) is 13.1. The van der Waals surface area contributed by atoms with Gasteiger partial charge in [0, 0.05) is 47.8 Å². The van der Waals surface area contributed by atoms with E-state index in [0.29, 0.717) is 41.2 Å². The molecule has 29 heavy (non-hydrogen) atoms. The molecule has 1 amide bonds. The normalized spacial score (nSPS) is 15.0. The second kappa shape index (κ2) is 13.1. The van der Waals surface area contributed by atoms with Crippen LogP contribution in [0.15, 0.2) is 30.2 Å². The fourth-order valence-electron chi connectivity index (χ4n) is 2.60. The molecule has 1 aromatic rings. The summed E-state index contributed by atoms with van der Waals surface area (Å²) >= 11 is 11.3. The maximum Gasteiger partial charge on any atom is 0.410 e. The van der Waals surface area contributed by atoms with Gasteiger partial charge in [0.25, 0.3) is 0 Å². The summed E-state index contributed by atoms with van der Waals surface area (Å²) in [7, 11) is 3.22. The molecule has 9 heteroatoms. The van der Waals surface area contributed by atoms with Crippen LogP contribution >= 0.6 is 23.2 Å². The zero-order valence-corrected chi connectivity index (χ0v) is 19.6. The van der Waals surface area contributed by atoms with Crippen molar-refractivity contribution in [2.75, 3.05) is 13.1 Å². The molecule has 1 fully saturated rings. The quantitative estimate of drug-likeness (QED) is 0.332. The number of carbonyl (C=O) groups excluding carboxylic acids is 1. The monoisotopic (exact) mass is 487 g/mol. The Morgan fingerprint density at radius 2 is 1.93 bits per heavy atom. The molecule has 0 spiro atoms. The maximum atomic E-state index is 11.8. The number of benzene rings is 1. The molecule has 1 aliphatic heterocycles. The van der Waals surface area contributed by atoms with Crippen LogP contribution in [0, 0.1) is 13.0 Å². The number of likely N-dealkylation sites (tertiary alicyclic amines) is 1. The number of hydrogen-bond acceptors (Lipinski definition) is 5. The van der Waals surface area contributed by atoms with E-state index < -0.39 is 5.60 Å². The van der Waals surface area contributed by atoms with Crippen molar-refractivity contribution in [2.24, 2.45) is 11.7 Å². The van der Waals surface area contributed by atoms with E-state index in [2.05, 4.69) is 11.8 Å². The molecule has 3 N–H and O–H groups in total. The van der Waals surface area contributed by atoms with Crippen LogP contribution < -0.4 is 10.5 Å². The second-order valence-corrected chi connectivity index (χ2v) is 8.34. The average molecular weight is 488 g/mol. The Morgan fingerprint density at radius 1 is 1.34 bits per heavy atom. The number of nitrogens with two attached hydrogens (primary N) is 1. The van der Waals surface area contributed by atoms with Crippen molar-refractivity contribution in [3.63, 3.8) is 0 Å². The summed E-state index contributed by atoms with van der Waals surface area (Å²) in [6.45, 7) is 6.94. The average Bonchev–Trinajstić information content (AvgIpc) is 2.61. The Labute approximate surface area is 193 Å². The van der Waals surface area contributed by atoms with E-state index in [0.717, 1.165) is 12.8 Å². The molecule has 0 atom stereocenters. The third-order valence-corrected chi connectivity index (χ3v) is 4.54. The zero-order chi connectivity index (χ0) is 21.3. The van der Waals surface area contributed by atoms with Crippen molar-refractivity contribution in [3.8, 4) is 5.75 Å². The number of piperidine rings is 1. The second-order valence-electron chi connectivity index (χ2n) is 7.49. The van der Waals surface area contributed by atoms with Gasteiger partial charge in [0.1, 0.15) is 17.1 Å². The summed E-state index contributed by atoms with van der Waals surface area (Å²) in [6.07, 6.45) is 3.33. The maximum absolute atomic E-state index is 11.8. The van der Waals surface area contributed by atoms with E-state index in [1.807, 2.05) is 20.8 Å². The van der Waals surface area contributed by atoms with Crippen molar-refractivity contribution in [1.29, 1.82) is 0 Å². The number of allylic oxidation sites excluding steroid dienone is 1. The van der Waals surface area contributed by atoms with Crippen molar-refractivity contribution in [2.45, 2.75) is 45.6 Å². The van der Waals surface area contributed by atoms with E-state index in [4.69, 9.17) is 33.7 Å². The standard InChI is InChI=1S/C13H24N2O3.C7H5Cl2O.Fe/c1-13(2,3)18-12(17)15-6-4-10(5-7-15)8-11(16)9-14;1-10-7-3-2-5(8)4-6(7)9;/h9-10,16H,4-8,14H2,1-3H3;2-4H,1H2;/q;-1;/b11-9-;;. The van der Waals surface area contributed by atoms with Crippen LogP contribution in [0.5, 0.6) is 5.75 Å². The first-order valence-corrected chi connectivity index (χ1v) is 9.76. The molecule has 0 unspecified atom stereocenters. The predicted molar refractivity (Wildman–Crippen MR) is 112 cm³/mol. The molecule has 2 rings (SSSR count). The molecule has 0 aliphatic carbocycles. The molecule has 0 aromatic heterocycles. The van der Waals surface area contributed by atoms with Gasteiger partial charge in [0.15, 0.2) is 0 Å². The number of carbonyl (C=O) groups is 1. The van der Waals surface area contributed by atoms with Crippen molar-refractivity contribution < 1.29 is 36.4 Å². The Bertz CT molecular complexity index is 673. The van der Waals surface area contributed by atoms with Crippen molar-refractivity contribution >= 4 is 29.3 Å². The molecule has 166 valence electrons. The van der Waals surface area contributed by atoms with Gasteiger partial charge in [-0.25, -0.2) is 4.79 Å². The summed E-state index contributed by atoms with van der Waals surface area (Å²) in [5, 5.41) is 10.4. The Morgan fingerprint density at radius 3 is 2.38 bits per heavy atom. The third-order valence-electron chi connectivity index (χ3n) is 4.01. The summed E-state index contributed by atoms with van der Waals surface area (Å²) in [4.78, 5) is 13.5. The molecule has 1 aliphatic rings. The number of hydrogen-bond donors (Lipinski definition) is 2. The van der Waals surface area contributed by atoms with Crippen LogP contribution in [-0.2, 0) is 21.8 Å². The van der Waals surface area contributed by atoms with Crippen LogP contribution in [0.4, 0.5) is 4.79 Å². The Hall–Kier alpha value is -1.27. The molecule has 1 aromatic carbocycles. The van der Waals surface area contributed by atoms with E-state index in [9.17, 15) is 9.90 Å². The fourth-order valence-corrected chi connectivity index (χ4v) is 3.07. The van der Waals surface area contributed by atoms with Gasteiger partial charge in [-0.1, -0.05) is 23.2 Å². The van der Waals surface area contributed by atoms with Gasteiger partial charge in [-0.15, -0.1) is 0 Å². The smallest absolute Gasteiger partial charge is 0.410 e. The fraction of sp³-hybridized carbons (Fsp3) is 0.500. The van der Waals surface area contributed by atoms with Gasteiger partial charge in [-0.2, -0.15) is 7.11 Å². The molecule has 1 saturated heterocycles. The number of amides is 1. The third kappa shape index (κ3) is 10.9. The number of rotatable bonds is 3. The van der Waals surface area contributed by atoms with Crippen LogP contribution in [-0.4, -0.2) is 34.8 Å². The van der Waals surface area contributed by atoms with E-state index in [-0.39, 0.29) is 28.9 Å². The number of nitrogens with zero attached hydrogens (tertiary/aromatic N) is 1. The zero-order valence-electron chi connectivity index (χ0n) is 16.9. The van der Waals surface area contributed by atoms with Crippen LogP contribution in [0.3, 0.4) is 0 Å². The van der Waals surface area contributed by atoms with Gasteiger partial charge in [0.2, 0.25) is 0 Å². The number of ether oxygens (including phenoxy) is 2. The summed E-state index contributed by atoms with van der Waals surface area (Å²) in [6, 6.07) is 4.95. The van der Waals surface area contributed by atoms with Gasteiger partial charge in [0.05, 0.1) is 5.02 Å². The van der Waals surface area contributed by atoms with E-state index >= 15 is 0 Å². The summed E-state index contributed by atoms with van der Waals surface area (Å²) in [5.74, 6) is 1.15. The summed E-state index contributed by atoms with van der Waals surface area (Å²) < 4.78 is 9.98. The minimum Gasteiger partial charge on any atom is -0.664 e. The van der Waals surface area contributed by atoms with Gasteiger partial charge in [-0.3, -0.25) is 0 Å². The number of aliphatic hydroxyl groups excluding tert-OH is 1. The first-order valence-electron chi connectivity index (χ1n) is 9.00. The Balaban J connectivity index is 0.000000606. The van der Waals surface area contributed by atoms with Crippen LogP contribution in [0.25, 0.3) is 0 Å². The molecular formula is C20H29Cl2FeN2O4-. The van der Waals surface area contributed by atoms with E-state index in [1.165, 1.54) is 6.20 Å². The van der Waals surface area contributed by atoms with E-state index in [1.54, 1.807) is 23.1 Å². The molecule has 0 saturated carbocycles. The molecule has 0 radical (unpaired) electrons. The molecule has 0 bridgehead atoms. The Kier molecular flexibility index (Phi) is 12.5. The molecule has 6 nitrogen and oxygen atoms in total. The minimum absolute atomic E-state index is 0. The minimum atomic E-state index is -0.450. The van der Waals surface area contributed by atoms with Crippen LogP contribution in [0.1, 0.15) is 40.0 Å². The van der Waals surface area contributed by atoms with Gasteiger partial charge in [-0.05, 0) is 57.7 Å². The predicted octanol–water partition coefficient (Wildman–Crippen LogP) is 5.54. The van der Waals surface area contributed by atoms with Gasteiger partial charge < -0.3 is 25.2 Å². The summed E-state index contributed by atoms with van der Waals surface area (Å²) in [5.41, 5.74) is 4.79. The van der Waals surface area contributed by atoms with Crippen LogP contribution in [0.2, 0.25) is 10.0 Å². The van der Waals surface area contributed by atoms with Crippen molar-refractivity contribution in [3.05, 3.63) is 47.3 Å². The topological polar surface area (TPSA) is 85.0 Å². The molecule has 1 heterocycles. The van der Waals surface area contributed by atoms with Crippen molar-refractivity contribution in [1.82, 2.24) is 4.90 Å².